The number of thiazole rings is 1. The first-order valence-corrected chi connectivity index (χ1v) is 8.41. The van der Waals surface area contributed by atoms with Crippen molar-refractivity contribution < 1.29 is 0 Å². The minimum absolute atomic E-state index is 0.124. The van der Waals surface area contributed by atoms with E-state index >= 15 is 0 Å². The number of hydrogen-bond donors (Lipinski definition) is 1. The molecule has 1 fully saturated rings. The van der Waals surface area contributed by atoms with E-state index in [0.29, 0.717) is 0 Å². The molecular weight excluding hydrogens is 252 g/mol. The second kappa shape index (κ2) is 5.53. The van der Waals surface area contributed by atoms with E-state index in [0.717, 1.165) is 5.92 Å². The average Bonchev–Trinajstić information content (AvgIpc) is 2.76. The summed E-state index contributed by atoms with van der Waals surface area (Å²) in [6.45, 7) is 9.11. The molecule has 0 aliphatic heterocycles. The van der Waals surface area contributed by atoms with Crippen molar-refractivity contribution in [2.45, 2.75) is 70.8 Å². The van der Waals surface area contributed by atoms with Crippen LogP contribution in [0.1, 0.15) is 70.5 Å². The van der Waals surface area contributed by atoms with Gasteiger partial charge in [-0.3, -0.25) is 0 Å². The van der Waals surface area contributed by atoms with Gasteiger partial charge >= 0.3 is 0 Å². The van der Waals surface area contributed by atoms with Crippen LogP contribution in [0.4, 0.5) is 0 Å². The molecule has 1 heterocycles. The summed E-state index contributed by atoms with van der Waals surface area (Å²) in [5.74, 6) is 0.859. The monoisotopic (exact) mass is 280 g/mol. The third-order valence-corrected chi connectivity index (χ3v) is 5.57. The third-order valence-electron chi connectivity index (χ3n) is 4.52. The van der Waals surface area contributed by atoms with Gasteiger partial charge in [-0.05, 0) is 32.2 Å². The predicted molar refractivity (Wildman–Crippen MR) is 83.8 cm³/mol. The van der Waals surface area contributed by atoms with Gasteiger partial charge < -0.3 is 5.32 Å². The van der Waals surface area contributed by atoms with Gasteiger partial charge in [-0.1, -0.05) is 40.5 Å². The number of rotatable bonds is 2. The van der Waals surface area contributed by atoms with Gasteiger partial charge in [0.25, 0.3) is 0 Å². The molecule has 0 amide bonds. The molecule has 2 unspecified atom stereocenters. The van der Waals surface area contributed by atoms with E-state index in [2.05, 4.69) is 45.4 Å². The average molecular weight is 280 g/mol. The summed E-state index contributed by atoms with van der Waals surface area (Å²) in [5, 5.41) is 7.16. The Kier molecular flexibility index (Phi) is 4.36. The molecular formula is C16H28N2S. The van der Waals surface area contributed by atoms with Crippen LogP contribution < -0.4 is 5.32 Å². The normalized spacial score (nSPS) is 29.2. The van der Waals surface area contributed by atoms with Crippen LogP contribution in [0.3, 0.4) is 0 Å². The lowest BCUT2D eigenvalue weighted by molar-refractivity contribution is 0.307. The van der Waals surface area contributed by atoms with Crippen molar-refractivity contribution in [3.05, 3.63) is 16.1 Å². The molecule has 1 N–H and O–H groups in total. The number of aromatic nitrogens is 1. The number of nitrogens with zero attached hydrogens (tertiary/aromatic N) is 1. The van der Waals surface area contributed by atoms with Crippen LogP contribution in [0.25, 0.3) is 0 Å². The van der Waals surface area contributed by atoms with Crippen molar-refractivity contribution >= 4 is 11.3 Å². The maximum atomic E-state index is 4.97. The zero-order valence-electron chi connectivity index (χ0n) is 13.0. The van der Waals surface area contributed by atoms with E-state index in [1.165, 1.54) is 42.8 Å². The Balaban J connectivity index is 2.28. The minimum atomic E-state index is 0.124. The molecule has 108 valence electrons. The van der Waals surface area contributed by atoms with Crippen LogP contribution in [0.15, 0.2) is 5.38 Å². The van der Waals surface area contributed by atoms with E-state index < -0.39 is 0 Å². The summed E-state index contributed by atoms with van der Waals surface area (Å²) in [5.41, 5.74) is 1.51. The van der Waals surface area contributed by atoms with Gasteiger partial charge in [-0.15, -0.1) is 11.3 Å². The minimum Gasteiger partial charge on any atom is -0.308 e. The molecule has 0 saturated heterocycles. The van der Waals surface area contributed by atoms with E-state index in [9.17, 15) is 0 Å². The maximum Gasteiger partial charge on any atom is 0.113 e. The van der Waals surface area contributed by atoms with Crippen LogP contribution in [0.5, 0.6) is 0 Å². The van der Waals surface area contributed by atoms with Crippen LogP contribution in [-0.2, 0) is 11.0 Å². The summed E-state index contributed by atoms with van der Waals surface area (Å²) in [7, 11) is 2.11. The van der Waals surface area contributed by atoms with Crippen LogP contribution in [-0.4, -0.2) is 12.0 Å². The van der Waals surface area contributed by atoms with Gasteiger partial charge in [0.15, 0.2) is 0 Å². The Morgan fingerprint density at radius 1 is 1.32 bits per heavy atom. The molecule has 2 nitrogen and oxygen atoms in total. The first kappa shape index (κ1) is 15.0. The summed E-state index contributed by atoms with van der Waals surface area (Å²) in [6, 6.07) is 0. The fourth-order valence-electron chi connectivity index (χ4n) is 2.92. The molecule has 1 aliphatic rings. The zero-order chi connectivity index (χ0) is 14.1. The van der Waals surface area contributed by atoms with E-state index in [1.807, 2.05) is 11.3 Å². The Hall–Kier alpha value is -0.410. The van der Waals surface area contributed by atoms with E-state index in [1.54, 1.807) is 0 Å². The van der Waals surface area contributed by atoms with Crippen molar-refractivity contribution in [1.82, 2.24) is 10.3 Å². The first-order valence-electron chi connectivity index (χ1n) is 7.53. The highest BCUT2D eigenvalue weighted by atomic mass is 32.1. The molecule has 2 rings (SSSR count). The van der Waals surface area contributed by atoms with Crippen LogP contribution in [0.2, 0.25) is 0 Å². The number of nitrogens with one attached hydrogen (secondary N) is 1. The Bertz CT molecular complexity index is 419. The van der Waals surface area contributed by atoms with Crippen molar-refractivity contribution in [3.8, 4) is 0 Å². The highest BCUT2D eigenvalue weighted by Crippen LogP contribution is 2.40. The molecule has 3 heteroatoms. The fourth-order valence-corrected chi connectivity index (χ4v) is 4.24. The summed E-state index contributed by atoms with van der Waals surface area (Å²) in [4.78, 5) is 4.97. The van der Waals surface area contributed by atoms with Gasteiger partial charge in [0, 0.05) is 10.8 Å². The van der Waals surface area contributed by atoms with Gasteiger partial charge in [-0.25, -0.2) is 4.98 Å². The van der Waals surface area contributed by atoms with Crippen molar-refractivity contribution in [2.24, 2.45) is 5.92 Å². The van der Waals surface area contributed by atoms with Gasteiger partial charge in [0.1, 0.15) is 5.01 Å². The smallest absolute Gasteiger partial charge is 0.113 e. The zero-order valence-corrected chi connectivity index (χ0v) is 13.9. The van der Waals surface area contributed by atoms with Crippen molar-refractivity contribution in [2.75, 3.05) is 7.05 Å². The first-order chi connectivity index (χ1) is 8.87. The molecule has 19 heavy (non-hydrogen) atoms. The molecule has 1 aliphatic carbocycles. The predicted octanol–water partition coefficient (Wildman–Crippen LogP) is 4.46. The van der Waals surface area contributed by atoms with Gasteiger partial charge in [0.05, 0.1) is 11.2 Å². The molecule has 2 atom stereocenters. The lowest BCUT2D eigenvalue weighted by Crippen LogP contribution is -2.39. The largest absolute Gasteiger partial charge is 0.308 e. The highest BCUT2D eigenvalue weighted by molar-refractivity contribution is 7.09. The van der Waals surface area contributed by atoms with Crippen LogP contribution >= 0.6 is 11.3 Å². The summed E-state index contributed by atoms with van der Waals surface area (Å²) in [6.07, 6.45) is 6.44. The Morgan fingerprint density at radius 3 is 2.63 bits per heavy atom. The van der Waals surface area contributed by atoms with Gasteiger partial charge in [-0.2, -0.15) is 0 Å². The molecule has 0 aromatic carbocycles. The fraction of sp³-hybridized carbons (Fsp3) is 0.812. The SMILES string of the molecule is CNC1(c2nc(C(C)(C)C)cs2)CCCC(C)CC1. The number of hydrogen-bond acceptors (Lipinski definition) is 3. The molecule has 0 spiro atoms. The summed E-state index contributed by atoms with van der Waals surface area (Å²) >= 11 is 1.84. The second-order valence-electron chi connectivity index (χ2n) is 7.16. The Morgan fingerprint density at radius 2 is 2.05 bits per heavy atom. The molecule has 0 bridgehead atoms. The van der Waals surface area contributed by atoms with Gasteiger partial charge in [0.2, 0.25) is 0 Å². The lowest BCUT2D eigenvalue weighted by atomic mass is 9.89. The highest BCUT2D eigenvalue weighted by Gasteiger charge is 2.36. The quantitative estimate of drug-likeness (QED) is 0.809. The second-order valence-corrected chi connectivity index (χ2v) is 8.01. The van der Waals surface area contributed by atoms with E-state index in [4.69, 9.17) is 4.98 Å². The molecule has 1 saturated carbocycles. The molecule has 1 aromatic rings. The van der Waals surface area contributed by atoms with Crippen molar-refractivity contribution in [3.63, 3.8) is 0 Å². The van der Waals surface area contributed by atoms with E-state index in [-0.39, 0.29) is 11.0 Å². The molecule has 1 aromatic heterocycles. The van der Waals surface area contributed by atoms with Crippen LogP contribution in [0, 0.1) is 5.92 Å². The standard InChI is InChI=1S/C16H28N2S/c1-12-7-6-9-16(17-5,10-8-12)14-18-13(11-19-14)15(2,3)4/h11-12,17H,6-10H2,1-5H3. The third kappa shape index (κ3) is 3.19. The topological polar surface area (TPSA) is 24.9 Å². The lowest BCUT2D eigenvalue weighted by Gasteiger charge is -2.30. The van der Waals surface area contributed by atoms with Crippen molar-refractivity contribution in [1.29, 1.82) is 0 Å². The Labute approximate surface area is 122 Å². The summed E-state index contributed by atoms with van der Waals surface area (Å²) < 4.78 is 0. The molecule has 0 radical (unpaired) electrons. The maximum absolute atomic E-state index is 4.97.